The molecule has 0 aliphatic heterocycles. The molecule has 1 atom stereocenters. The van der Waals surface area contributed by atoms with Gasteiger partial charge in [-0.15, -0.1) is 0 Å². The predicted octanol–water partition coefficient (Wildman–Crippen LogP) is 1.30. The topological polar surface area (TPSA) is 89.5 Å². The lowest BCUT2D eigenvalue weighted by Gasteiger charge is -2.29. The molecule has 0 radical (unpaired) electrons. The van der Waals surface area contributed by atoms with E-state index in [2.05, 4.69) is 9.97 Å². The Balaban J connectivity index is 2.19. The van der Waals surface area contributed by atoms with Gasteiger partial charge in [0.2, 0.25) is 5.91 Å². The normalized spacial score (nSPS) is 12.2. The van der Waals surface area contributed by atoms with Gasteiger partial charge in [-0.3, -0.25) is 14.5 Å². The van der Waals surface area contributed by atoms with Crippen molar-refractivity contribution in [3.8, 4) is 0 Å². The van der Waals surface area contributed by atoms with Gasteiger partial charge >= 0.3 is 5.97 Å². The standard InChI is InChI=1S/C18H24N4O3/c1-13-19-10-15(20-13)11-22(12-17(23)24)18(25)16(21(2)3)9-14-7-5-4-6-8-14/h4-8,10,16H,9,11-12H2,1-3H3,(H,19,20)(H,23,24)/t16-/m0/s1. The van der Waals surface area contributed by atoms with E-state index >= 15 is 0 Å². The monoisotopic (exact) mass is 344 g/mol. The van der Waals surface area contributed by atoms with Crippen molar-refractivity contribution >= 4 is 11.9 Å². The first-order chi connectivity index (χ1) is 11.9. The van der Waals surface area contributed by atoms with Crippen LogP contribution >= 0.6 is 0 Å². The second-order valence-corrected chi connectivity index (χ2v) is 6.25. The highest BCUT2D eigenvalue weighted by Gasteiger charge is 2.28. The molecular formula is C18H24N4O3. The molecule has 1 aromatic heterocycles. The Bertz CT molecular complexity index is 712. The molecule has 0 saturated carbocycles. The van der Waals surface area contributed by atoms with E-state index in [4.69, 9.17) is 0 Å². The van der Waals surface area contributed by atoms with E-state index in [1.54, 1.807) is 6.20 Å². The summed E-state index contributed by atoms with van der Waals surface area (Å²) in [5.74, 6) is -0.531. The van der Waals surface area contributed by atoms with Crippen LogP contribution in [0.4, 0.5) is 0 Å². The molecule has 0 fully saturated rings. The predicted molar refractivity (Wildman–Crippen MR) is 94.0 cm³/mol. The fourth-order valence-electron chi connectivity index (χ4n) is 2.67. The van der Waals surface area contributed by atoms with Crippen LogP contribution in [-0.2, 0) is 22.6 Å². The molecule has 7 heteroatoms. The lowest BCUT2D eigenvalue weighted by Crippen LogP contribution is -2.48. The van der Waals surface area contributed by atoms with Crippen molar-refractivity contribution in [3.05, 3.63) is 53.6 Å². The molecule has 0 saturated heterocycles. The molecule has 25 heavy (non-hydrogen) atoms. The number of rotatable bonds is 8. The molecule has 1 heterocycles. The van der Waals surface area contributed by atoms with Gasteiger partial charge in [-0.25, -0.2) is 4.98 Å². The number of aromatic amines is 1. The number of carbonyl (C=O) groups excluding carboxylic acids is 1. The van der Waals surface area contributed by atoms with E-state index in [0.29, 0.717) is 12.1 Å². The zero-order valence-electron chi connectivity index (χ0n) is 14.8. The van der Waals surface area contributed by atoms with Crippen molar-refractivity contribution in [1.82, 2.24) is 19.8 Å². The van der Waals surface area contributed by atoms with Gasteiger partial charge in [-0.2, -0.15) is 0 Å². The SMILES string of the molecule is Cc1ncc(CN(CC(=O)O)C(=O)[C@H](Cc2ccccc2)N(C)C)[nH]1. The Morgan fingerprint density at radius 1 is 1.24 bits per heavy atom. The van der Waals surface area contributed by atoms with E-state index in [1.165, 1.54) is 4.90 Å². The number of carboxylic acid groups (broad SMARTS) is 1. The number of imidazole rings is 1. The minimum absolute atomic E-state index is 0.186. The van der Waals surface area contributed by atoms with E-state index in [9.17, 15) is 14.7 Å². The van der Waals surface area contributed by atoms with Gasteiger partial charge < -0.3 is 15.0 Å². The third-order valence-corrected chi connectivity index (χ3v) is 3.93. The molecule has 2 N–H and O–H groups in total. The Morgan fingerprint density at radius 3 is 2.44 bits per heavy atom. The molecule has 0 bridgehead atoms. The minimum atomic E-state index is -1.04. The maximum absolute atomic E-state index is 13.0. The van der Waals surface area contributed by atoms with Gasteiger partial charge in [0, 0.05) is 0 Å². The second-order valence-electron chi connectivity index (χ2n) is 6.25. The number of amides is 1. The summed E-state index contributed by atoms with van der Waals surface area (Å²) in [5.41, 5.74) is 1.74. The maximum atomic E-state index is 13.0. The summed E-state index contributed by atoms with van der Waals surface area (Å²) < 4.78 is 0. The van der Waals surface area contributed by atoms with Crippen LogP contribution in [0.2, 0.25) is 0 Å². The van der Waals surface area contributed by atoms with Gasteiger partial charge in [-0.1, -0.05) is 30.3 Å². The molecule has 2 rings (SSSR count). The molecular weight excluding hydrogens is 320 g/mol. The van der Waals surface area contributed by atoms with Crippen LogP contribution in [-0.4, -0.2) is 63.4 Å². The molecule has 0 spiro atoms. The first kappa shape index (κ1) is 18.7. The number of hydrogen-bond acceptors (Lipinski definition) is 4. The van der Waals surface area contributed by atoms with E-state index in [0.717, 1.165) is 11.4 Å². The zero-order valence-corrected chi connectivity index (χ0v) is 14.8. The van der Waals surface area contributed by atoms with Gasteiger partial charge in [0.25, 0.3) is 0 Å². The van der Waals surface area contributed by atoms with Gasteiger partial charge in [-0.05, 0) is 33.0 Å². The van der Waals surface area contributed by atoms with Crippen LogP contribution in [0.25, 0.3) is 0 Å². The average molecular weight is 344 g/mol. The third-order valence-electron chi connectivity index (χ3n) is 3.93. The highest BCUT2D eigenvalue weighted by atomic mass is 16.4. The maximum Gasteiger partial charge on any atom is 0.323 e. The number of benzene rings is 1. The van der Waals surface area contributed by atoms with Crippen LogP contribution < -0.4 is 0 Å². The Hall–Kier alpha value is -2.67. The Kier molecular flexibility index (Phi) is 6.30. The van der Waals surface area contributed by atoms with Crippen LogP contribution in [0.3, 0.4) is 0 Å². The highest BCUT2D eigenvalue weighted by Crippen LogP contribution is 2.12. The molecule has 0 unspecified atom stereocenters. The number of carboxylic acids is 1. The number of likely N-dealkylation sites (N-methyl/N-ethyl adjacent to an activating group) is 1. The number of aromatic nitrogens is 2. The van der Waals surface area contributed by atoms with E-state index < -0.39 is 12.0 Å². The Labute approximate surface area is 147 Å². The number of H-pyrrole nitrogens is 1. The van der Waals surface area contributed by atoms with Crippen LogP contribution in [0.1, 0.15) is 17.1 Å². The summed E-state index contributed by atoms with van der Waals surface area (Å²) >= 11 is 0. The zero-order chi connectivity index (χ0) is 18.4. The van der Waals surface area contributed by atoms with Crippen molar-refractivity contribution in [1.29, 1.82) is 0 Å². The Morgan fingerprint density at radius 2 is 1.92 bits per heavy atom. The van der Waals surface area contributed by atoms with Crippen molar-refractivity contribution in [3.63, 3.8) is 0 Å². The molecule has 134 valence electrons. The molecule has 0 aliphatic carbocycles. The quantitative estimate of drug-likeness (QED) is 0.753. The number of nitrogens with zero attached hydrogens (tertiary/aromatic N) is 3. The van der Waals surface area contributed by atoms with Crippen LogP contribution in [0.15, 0.2) is 36.5 Å². The van der Waals surface area contributed by atoms with Crippen LogP contribution in [0, 0.1) is 6.92 Å². The fourth-order valence-corrected chi connectivity index (χ4v) is 2.67. The lowest BCUT2D eigenvalue weighted by molar-refractivity contribution is -0.147. The fraction of sp³-hybridized carbons (Fsp3) is 0.389. The number of hydrogen-bond donors (Lipinski definition) is 2. The average Bonchev–Trinajstić information content (AvgIpc) is 2.96. The smallest absolute Gasteiger partial charge is 0.323 e. The van der Waals surface area contributed by atoms with Crippen molar-refractivity contribution in [2.24, 2.45) is 0 Å². The summed E-state index contributed by atoms with van der Waals surface area (Å²) in [6.07, 6.45) is 2.14. The minimum Gasteiger partial charge on any atom is -0.480 e. The summed E-state index contributed by atoms with van der Waals surface area (Å²) in [6, 6.07) is 9.26. The summed E-state index contributed by atoms with van der Waals surface area (Å²) in [6.45, 7) is 1.64. The van der Waals surface area contributed by atoms with E-state index in [1.807, 2.05) is 56.3 Å². The molecule has 7 nitrogen and oxygen atoms in total. The number of carbonyl (C=O) groups is 2. The molecule has 2 aromatic rings. The van der Waals surface area contributed by atoms with Crippen molar-refractivity contribution < 1.29 is 14.7 Å². The van der Waals surface area contributed by atoms with Gasteiger partial charge in [0.05, 0.1) is 24.5 Å². The lowest BCUT2D eigenvalue weighted by atomic mass is 10.0. The molecule has 0 aliphatic rings. The summed E-state index contributed by atoms with van der Waals surface area (Å²) in [5, 5.41) is 9.19. The number of aliphatic carboxylic acids is 1. The first-order valence-electron chi connectivity index (χ1n) is 8.08. The second kappa shape index (κ2) is 8.43. The van der Waals surface area contributed by atoms with Gasteiger partial charge in [0.15, 0.2) is 0 Å². The van der Waals surface area contributed by atoms with E-state index in [-0.39, 0.29) is 19.0 Å². The summed E-state index contributed by atoms with van der Waals surface area (Å²) in [7, 11) is 3.65. The van der Waals surface area contributed by atoms with Crippen LogP contribution in [0.5, 0.6) is 0 Å². The highest BCUT2D eigenvalue weighted by molar-refractivity contribution is 5.85. The first-order valence-corrected chi connectivity index (χ1v) is 8.08. The third kappa shape index (κ3) is 5.42. The van der Waals surface area contributed by atoms with Crippen molar-refractivity contribution in [2.75, 3.05) is 20.6 Å². The largest absolute Gasteiger partial charge is 0.480 e. The van der Waals surface area contributed by atoms with Gasteiger partial charge in [0.1, 0.15) is 12.4 Å². The number of nitrogens with one attached hydrogen (secondary N) is 1. The number of aryl methyl sites for hydroxylation is 1. The molecule has 1 amide bonds. The summed E-state index contributed by atoms with van der Waals surface area (Å²) in [4.78, 5) is 34.6. The molecule has 1 aromatic carbocycles. The van der Waals surface area contributed by atoms with Crippen molar-refractivity contribution in [2.45, 2.75) is 25.9 Å².